The third-order valence-electron chi connectivity index (χ3n) is 5.54. The van der Waals surface area contributed by atoms with Crippen molar-refractivity contribution in [3.63, 3.8) is 0 Å². The Morgan fingerprint density at radius 1 is 1.25 bits per heavy atom. The molecule has 3 aromatic heterocycles. The number of piperidine rings is 1. The zero-order chi connectivity index (χ0) is 19.9. The summed E-state index contributed by atoms with van der Waals surface area (Å²) < 4.78 is 40.9. The van der Waals surface area contributed by atoms with Crippen LogP contribution in [0.3, 0.4) is 0 Å². The molecule has 0 aliphatic carbocycles. The van der Waals surface area contributed by atoms with E-state index in [9.17, 15) is 13.2 Å². The summed E-state index contributed by atoms with van der Waals surface area (Å²) in [6.07, 6.45) is -1.24. The number of halogens is 3. The van der Waals surface area contributed by atoms with E-state index in [0.29, 0.717) is 36.5 Å². The number of rotatable bonds is 3. The zero-order valence-electron chi connectivity index (χ0n) is 15.4. The third-order valence-corrected chi connectivity index (χ3v) is 5.54. The molecule has 0 spiro atoms. The van der Waals surface area contributed by atoms with Crippen molar-refractivity contribution in [2.24, 2.45) is 11.1 Å². The minimum absolute atomic E-state index is 0. The molecular formula is C19H23F3N6. The van der Waals surface area contributed by atoms with Crippen LogP contribution in [0.5, 0.6) is 0 Å². The van der Waals surface area contributed by atoms with Crippen molar-refractivity contribution in [3.8, 4) is 11.4 Å². The summed E-state index contributed by atoms with van der Waals surface area (Å²) in [4.78, 5) is 10.5. The summed E-state index contributed by atoms with van der Waals surface area (Å²) in [6, 6.07) is 5.88. The SMILES string of the molecule is CC1(CN)CCN(c2ccc(C(F)(F)F)c(-c3[nH]nc4ncccc34)n2)CC1.[HH]. The molecule has 0 radical (unpaired) electrons. The van der Waals surface area contributed by atoms with Crippen LogP contribution < -0.4 is 10.6 Å². The fraction of sp³-hybridized carbons (Fsp3) is 0.421. The predicted octanol–water partition coefficient (Wildman–Crippen LogP) is 3.85. The number of nitrogens with one attached hydrogen (secondary N) is 1. The lowest BCUT2D eigenvalue weighted by atomic mass is 9.80. The third kappa shape index (κ3) is 3.30. The number of alkyl halides is 3. The molecule has 9 heteroatoms. The largest absolute Gasteiger partial charge is 0.418 e. The Bertz CT molecular complexity index is 995. The second kappa shape index (κ2) is 6.73. The van der Waals surface area contributed by atoms with Crippen LogP contribution in [0, 0.1) is 5.41 Å². The average molecular weight is 392 g/mol. The van der Waals surface area contributed by atoms with Crippen molar-refractivity contribution in [3.05, 3.63) is 36.0 Å². The standard InChI is InChI=1S/C19H21F3N6.H2/c1-18(11-23)6-9-28(10-7-18)14-5-4-13(19(20,21)22)16(25-14)15-12-3-2-8-24-17(12)27-26-15;/h2-5,8H,6-7,9-11,23H2,1H3,(H,24,26,27);1H. The maximum Gasteiger partial charge on any atom is 0.418 e. The summed E-state index contributed by atoms with van der Waals surface area (Å²) in [7, 11) is 0. The number of nitrogens with zero attached hydrogens (tertiary/aromatic N) is 4. The highest BCUT2D eigenvalue weighted by molar-refractivity contribution is 5.90. The van der Waals surface area contributed by atoms with E-state index in [1.807, 2.05) is 4.90 Å². The fourth-order valence-corrected chi connectivity index (χ4v) is 3.55. The molecule has 1 aliphatic heterocycles. The van der Waals surface area contributed by atoms with Crippen LogP contribution in [0.1, 0.15) is 26.8 Å². The van der Waals surface area contributed by atoms with E-state index in [2.05, 4.69) is 27.1 Å². The molecule has 0 amide bonds. The summed E-state index contributed by atoms with van der Waals surface area (Å²) in [5, 5.41) is 7.21. The van der Waals surface area contributed by atoms with E-state index in [4.69, 9.17) is 5.73 Å². The monoisotopic (exact) mass is 392 g/mol. The number of fused-ring (bicyclic) bond motifs is 1. The molecule has 6 nitrogen and oxygen atoms in total. The second-order valence-electron chi connectivity index (χ2n) is 7.54. The number of anilines is 1. The van der Waals surface area contributed by atoms with Crippen LogP contribution >= 0.6 is 0 Å². The number of H-pyrrole nitrogens is 1. The summed E-state index contributed by atoms with van der Waals surface area (Å²) in [5.74, 6) is 0.522. The molecule has 0 saturated carbocycles. The van der Waals surface area contributed by atoms with Gasteiger partial charge in [-0.2, -0.15) is 18.3 Å². The molecule has 4 rings (SSSR count). The Kier molecular flexibility index (Phi) is 4.49. The normalized spacial score (nSPS) is 17.2. The first-order valence-corrected chi connectivity index (χ1v) is 9.13. The smallest absolute Gasteiger partial charge is 0.357 e. The number of pyridine rings is 2. The van der Waals surface area contributed by atoms with E-state index < -0.39 is 11.7 Å². The van der Waals surface area contributed by atoms with Crippen LogP contribution in [0.25, 0.3) is 22.4 Å². The van der Waals surface area contributed by atoms with Gasteiger partial charge in [-0.05, 0) is 49.1 Å². The Hall–Kier alpha value is -2.68. The van der Waals surface area contributed by atoms with Gasteiger partial charge in [0.15, 0.2) is 5.65 Å². The molecule has 0 atom stereocenters. The highest BCUT2D eigenvalue weighted by Gasteiger charge is 2.36. The fourth-order valence-electron chi connectivity index (χ4n) is 3.55. The van der Waals surface area contributed by atoms with Gasteiger partial charge in [0.1, 0.15) is 11.5 Å². The lowest BCUT2D eigenvalue weighted by Gasteiger charge is -2.39. The number of nitrogens with two attached hydrogens (primary N) is 1. The molecule has 0 aromatic carbocycles. The first-order valence-electron chi connectivity index (χ1n) is 9.13. The Morgan fingerprint density at radius 2 is 2.00 bits per heavy atom. The molecule has 1 aliphatic rings. The molecule has 0 bridgehead atoms. The quantitative estimate of drug-likeness (QED) is 0.707. The lowest BCUT2D eigenvalue weighted by molar-refractivity contribution is -0.137. The van der Waals surface area contributed by atoms with Gasteiger partial charge in [0.05, 0.1) is 11.3 Å². The van der Waals surface area contributed by atoms with Crippen molar-refractivity contribution in [2.45, 2.75) is 25.9 Å². The van der Waals surface area contributed by atoms with Crippen molar-refractivity contribution in [1.29, 1.82) is 0 Å². The minimum atomic E-state index is -4.53. The molecule has 3 aromatic rings. The van der Waals surface area contributed by atoms with Crippen LogP contribution in [0.4, 0.5) is 19.0 Å². The van der Waals surface area contributed by atoms with Crippen LogP contribution in [0.15, 0.2) is 30.5 Å². The van der Waals surface area contributed by atoms with Gasteiger partial charge in [0.2, 0.25) is 0 Å². The van der Waals surface area contributed by atoms with Gasteiger partial charge in [-0.1, -0.05) is 6.92 Å². The maximum absolute atomic E-state index is 13.6. The molecule has 28 heavy (non-hydrogen) atoms. The Balaban J connectivity index is 0.00000240. The molecule has 1 saturated heterocycles. The van der Waals surface area contributed by atoms with Crippen molar-refractivity contribution in [1.82, 2.24) is 20.2 Å². The molecule has 4 heterocycles. The average Bonchev–Trinajstić information content (AvgIpc) is 3.11. The predicted molar refractivity (Wildman–Crippen MR) is 103 cm³/mol. The van der Waals surface area contributed by atoms with Gasteiger partial charge in [0.25, 0.3) is 0 Å². The van der Waals surface area contributed by atoms with Gasteiger partial charge in [-0.3, -0.25) is 5.10 Å². The first-order chi connectivity index (χ1) is 13.3. The molecule has 150 valence electrons. The number of hydrogen-bond acceptors (Lipinski definition) is 5. The van der Waals surface area contributed by atoms with E-state index in [0.717, 1.165) is 18.9 Å². The van der Waals surface area contributed by atoms with Gasteiger partial charge in [0, 0.05) is 26.1 Å². The summed E-state index contributed by atoms with van der Waals surface area (Å²) in [6.45, 7) is 4.15. The highest BCUT2D eigenvalue weighted by atomic mass is 19.4. The van der Waals surface area contributed by atoms with Gasteiger partial charge >= 0.3 is 6.18 Å². The van der Waals surface area contributed by atoms with Crippen molar-refractivity contribution >= 4 is 16.9 Å². The topological polar surface area (TPSA) is 83.7 Å². The zero-order valence-corrected chi connectivity index (χ0v) is 15.4. The molecule has 1 fully saturated rings. The Morgan fingerprint density at radius 3 is 2.68 bits per heavy atom. The summed E-state index contributed by atoms with van der Waals surface area (Å²) in [5.41, 5.74) is 5.54. The molecular weight excluding hydrogens is 369 g/mol. The number of aromatic nitrogens is 4. The van der Waals surface area contributed by atoms with Gasteiger partial charge in [-0.25, -0.2) is 9.97 Å². The minimum Gasteiger partial charge on any atom is -0.357 e. The first kappa shape index (κ1) is 18.7. The van der Waals surface area contributed by atoms with Crippen molar-refractivity contribution < 1.29 is 14.6 Å². The van der Waals surface area contributed by atoms with E-state index >= 15 is 0 Å². The van der Waals surface area contributed by atoms with Crippen LogP contribution in [0.2, 0.25) is 0 Å². The lowest BCUT2D eigenvalue weighted by Crippen LogP contribution is -2.42. The van der Waals surface area contributed by atoms with E-state index in [-0.39, 0.29) is 18.2 Å². The van der Waals surface area contributed by atoms with Gasteiger partial charge < -0.3 is 10.6 Å². The Labute approximate surface area is 161 Å². The highest BCUT2D eigenvalue weighted by Crippen LogP contribution is 2.39. The van der Waals surface area contributed by atoms with Gasteiger partial charge in [-0.15, -0.1) is 0 Å². The second-order valence-corrected chi connectivity index (χ2v) is 7.54. The molecule has 0 unspecified atom stereocenters. The van der Waals surface area contributed by atoms with E-state index in [1.165, 1.54) is 6.07 Å². The van der Waals surface area contributed by atoms with Crippen molar-refractivity contribution in [2.75, 3.05) is 24.5 Å². The van der Waals surface area contributed by atoms with Crippen LogP contribution in [-0.2, 0) is 6.18 Å². The van der Waals surface area contributed by atoms with Crippen LogP contribution in [-0.4, -0.2) is 39.8 Å². The molecule has 3 N–H and O–H groups in total. The maximum atomic E-state index is 13.6. The van der Waals surface area contributed by atoms with E-state index in [1.54, 1.807) is 18.3 Å². The number of aromatic amines is 1. The number of hydrogen-bond donors (Lipinski definition) is 2. The summed E-state index contributed by atoms with van der Waals surface area (Å²) >= 11 is 0.